The van der Waals surface area contributed by atoms with E-state index in [4.69, 9.17) is 9.47 Å². The van der Waals surface area contributed by atoms with Crippen molar-refractivity contribution in [2.24, 2.45) is 0 Å². The molecule has 0 radical (unpaired) electrons. The predicted molar refractivity (Wildman–Crippen MR) is 118 cm³/mol. The molecule has 2 fully saturated rings. The van der Waals surface area contributed by atoms with Gasteiger partial charge in [-0.1, -0.05) is 19.3 Å². The van der Waals surface area contributed by atoms with Crippen molar-refractivity contribution >= 4 is 17.6 Å². The molecule has 0 spiro atoms. The highest BCUT2D eigenvalue weighted by Crippen LogP contribution is 2.35. The summed E-state index contributed by atoms with van der Waals surface area (Å²) in [6.45, 7) is 3.12. The van der Waals surface area contributed by atoms with Gasteiger partial charge in [0.15, 0.2) is 11.5 Å². The van der Waals surface area contributed by atoms with E-state index in [0.717, 1.165) is 25.7 Å². The molecule has 3 amide bonds. The summed E-state index contributed by atoms with van der Waals surface area (Å²) in [6.07, 6.45) is 6.78. The first-order chi connectivity index (χ1) is 15.4. The first kappa shape index (κ1) is 23.6. The lowest BCUT2D eigenvalue weighted by Crippen LogP contribution is -2.51. The molecule has 1 aromatic rings. The lowest BCUT2D eigenvalue weighted by atomic mass is 9.95. The van der Waals surface area contributed by atoms with E-state index in [-0.39, 0.29) is 40.9 Å². The summed E-state index contributed by atoms with van der Waals surface area (Å²) >= 11 is 0. The van der Waals surface area contributed by atoms with Crippen LogP contribution in [0.1, 0.15) is 62.2 Å². The zero-order chi connectivity index (χ0) is 23.1. The third-order valence-electron chi connectivity index (χ3n) is 6.07. The molecule has 1 saturated heterocycles. The Labute approximate surface area is 187 Å². The molecule has 2 N–H and O–H groups in total. The minimum Gasteiger partial charge on any atom is -0.493 e. The van der Waals surface area contributed by atoms with Gasteiger partial charge in [0.25, 0.3) is 11.6 Å². The average molecular weight is 449 g/mol. The van der Waals surface area contributed by atoms with Gasteiger partial charge in [-0.05, 0) is 32.6 Å². The molecule has 1 heterocycles. The number of methoxy groups -OCH3 is 1. The highest BCUT2D eigenvalue weighted by atomic mass is 16.6. The molecule has 10 nitrogen and oxygen atoms in total. The van der Waals surface area contributed by atoms with Crippen LogP contribution in [-0.2, 0) is 0 Å². The van der Waals surface area contributed by atoms with Crippen LogP contribution in [0.25, 0.3) is 0 Å². The molecule has 0 aromatic heterocycles. The van der Waals surface area contributed by atoms with Crippen LogP contribution in [0.5, 0.6) is 11.5 Å². The lowest BCUT2D eigenvalue weighted by Gasteiger charge is -2.34. The van der Waals surface area contributed by atoms with Crippen molar-refractivity contribution in [3.05, 3.63) is 27.8 Å². The third kappa shape index (κ3) is 5.80. The minimum absolute atomic E-state index is 0.0476. The van der Waals surface area contributed by atoms with Gasteiger partial charge in [0, 0.05) is 31.2 Å². The number of likely N-dealkylation sites (tertiary alicyclic amines) is 1. The van der Waals surface area contributed by atoms with Crippen LogP contribution in [0, 0.1) is 10.1 Å². The van der Waals surface area contributed by atoms with Crippen LogP contribution in [-0.4, -0.2) is 60.7 Å². The fourth-order valence-electron chi connectivity index (χ4n) is 4.31. The average Bonchev–Trinajstić information content (AvgIpc) is 2.80. The number of nitrogens with zero attached hydrogens (tertiary/aromatic N) is 2. The third-order valence-corrected chi connectivity index (χ3v) is 6.07. The Balaban J connectivity index is 1.59. The molecule has 176 valence electrons. The number of hydrogen-bond acceptors (Lipinski definition) is 6. The highest BCUT2D eigenvalue weighted by Gasteiger charge is 2.29. The smallest absolute Gasteiger partial charge is 0.317 e. The summed E-state index contributed by atoms with van der Waals surface area (Å²) in [7, 11) is 1.42. The van der Waals surface area contributed by atoms with E-state index >= 15 is 0 Å². The maximum Gasteiger partial charge on any atom is 0.317 e. The second-order valence-corrected chi connectivity index (χ2v) is 8.23. The molecule has 0 bridgehead atoms. The number of nitro groups is 1. The lowest BCUT2D eigenvalue weighted by molar-refractivity contribution is -0.385. The van der Waals surface area contributed by atoms with E-state index in [2.05, 4.69) is 10.6 Å². The summed E-state index contributed by atoms with van der Waals surface area (Å²) in [5.41, 5.74) is -0.413. The molecule has 10 heteroatoms. The van der Waals surface area contributed by atoms with Crippen LogP contribution in [0.3, 0.4) is 0 Å². The number of benzene rings is 1. The molecule has 1 aromatic carbocycles. The van der Waals surface area contributed by atoms with E-state index in [9.17, 15) is 19.7 Å². The standard InChI is InChI=1S/C22H32N4O6/c1-3-32-20-14-18(26(29)30)17(13-19(20)31-2)21(27)23-16-9-11-25(12-10-16)22(28)24-15-7-5-4-6-8-15/h13-16H,3-12H2,1-2H3,(H,23,27)(H,24,28). The van der Waals surface area contributed by atoms with Crippen molar-refractivity contribution in [1.29, 1.82) is 0 Å². The summed E-state index contributed by atoms with van der Waals surface area (Å²) in [6, 6.07) is 2.59. The summed E-state index contributed by atoms with van der Waals surface area (Å²) < 4.78 is 10.6. The molecule has 0 atom stereocenters. The van der Waals surface area contributed by atoms with Crippen LogP contribution >= 0.6 is 0 Å². The Morgan fingerprint density at radius 3 is 2.31 bits per heavy atom. The fourth-order valence-corrected chi connectivity index (χ4v) is 4.31. The van der Waals surface area contributed by atoms with Gasteiger partial charge in [0.1, 0.15) is 5.56 Å². The van der Waals surface area contributed by atoms with Crippen LogP contribution in [0.4, 0.5) is 10.5 Å². The number of urea groups is 1. The van der Waals surface area contributed by atoms with Crippen LogP contribution in [0.2, 0.25) is 0 Å². The van der Waals surface area contributed by atoms with Gasteiger partial charge >= 0.3 is 6.03 Å². The number of nitro benzene ring substituents is 1. The second-order valence-electron chi connectivity index (χ2n) is 8.23. The number of ether oxygens (including phenoxy) is 2. The van der Waals surface area contributed by atoms with E-state index in [1.165, 1.54) is 25.7 Å². The number of piperidine rings is 1. The molecular formula is C22H32N4O6. The normalized spacial score (nSPS) is 17.5. The molecule has 1 aliphatic heterocycles. The zero-order valence-electron chi connectivity index (χ0n) is 18.7. The Bertz CT molecular complexity index is 832. The Kier molecular flexibility index (Phi) is 8.13. The number of amides is 3. The molecular weight excluding hydrogens is 416 g/mol. The zero-order valence-corrected chi connectivity index (χ0v) is 18.7. The fraction of sp³-hybridized carbons (Fsp3) is 0.636. The van der Waals surface area contributed by atoms with E-state index < -0.39 is 10.8 Å². The molecule has 0 unspecified atom stereocenters. The van der Waals surface area contributed by atoms with E-state index in [1.807, 2.05) is 0 Å². The Hall–Kier alpha value is -3.04. The van der Waals surface area contributed by atoms with Gasteiger partial charge in [-0.15, -0.1) is 0 Å². The van der Waals surface area contributed by atoms with Crippen molar-refractivity contribution in [2.75, 3.05) is 26.8 Å². The van der Waals surface area contributed by atoms with Gasteiger partial charge < -0.3 is 25.0 Å². The molecule has 3 rings (SSSR count). The molecule has 2 aliphatic rings. The van der Waals surface area contributed by atoms with Crippen LogP contribution in [0.15, 0.2) is 12.1 Å². The number of rotatable bonds is 7. The van der Waals surface area contributed by atoms with E-state index in [0.29, 0.717) is 32.5 Å². The summed E-state index contributed by atoms with van der Waals surface area (Å²) in [5.74, 6) is -0.0597. The summed E-state index contributed by atoms with van der Waals surface area (Å²) in [5, 5.41) is 17.5. The first-order valence-corrected chi connectivity index (χ1v) is 11.3. The van der Waals surface area contributed by atoms with Gasteiger partial charge in [0.05, 0.1) is 24.7 Å². The van der Waals surface area contributed by atoms with Gasteiger partial charge in [-0.2, -0.15) is 0 Å². The Morgan fingerprint density at radius 2 is 1.72 bits per heavy atom. The van der Waals surface area contributed by atoms with Gasteiger partial charge in [-0.3, -0.25) is 14.9 Å². The predicted octanol–water partition coefficient (Wildman–Crippen LogP) is 3.24. The molecule has 1 saturated carbocycles. The van der Waals surface area contributed by atoms with Crippen molar-refractivity contribution in [3.63, 3.8) is 0 Å². The van der Waals surface area contributed by atoms with Crippen molar-refractivity contribution in [2.45, 2.75) is 64.0 Å². The van der Waals surface area contributed by atoms with Crippen LogP contribution < -0.4 is 20.1 Å². The quantitative estimate of drug-likeness (QED) is 0.488. The number of carbonyl (C=O) groups excluding carboxylic acids is 2. The largest absolute Gasteiger partial charge is 0.493 e. The van der Waals surface area contributed by atoms with Crippen molar-refractivity contribution in [3.8, 4) is 11.5 Å². The SMILES string of the molecule is CCOc1cc([N+](=O)[O-])c(C(=O)NC2CCN(C(=O)NC3CCCCC3)CC2)cc1OC. The van der Waals surface area contributed by atoms with Gasteiger partial charge in [-0.25, -0.2) is 4.79 Å². The maximum atomic E-state index is 12.8. The highest BCUT2D eigenvalue weighted by molar-refractivity contribution is 5.99. The first-order valence-electron chi connectivity index (χ1n) is 11.3. The minimum atomic E-state index is -0.602. The summed E-state index contributed by atoms with van der Waals surface area (Å²) in [4.78, 5) is 38.1. The van der Waals surface area contributed by atoms with Gasteiger partial charge in [0.2, 0.25) is 0 Å². The second kappa shape index (κ2) is 11.0. The Morgan fingerprint density at radius 1 is 1.06 bits per heavy atom. The van der Waals surface area contributed by atoms with Crippen molar-refractivity contribution < 1.29 is 24.0 Å². The monoisotopic (exact) mass is 448 g/mol. The van der Waals surface area contributed by atoms with Crippen molar-refractivity contribution in [1.82, 2.24) is 15.5 Å². The molecule has 32 heavy (non-hydrogen) atoms. The number of nitrogens with one attached hydrogen (secondary N) is 2. The number of carbonyl (C=O) groups is 2. The topological polar surface area (TPSA) is 123 Å². The number of hydrogen-bond donors (Lipinski definition) is 2. The maximum absolute atomic E-state index is 12.8. The van der Waals surface area contributed by atoms with E-state index in [1.54, 1.807) is 11.8 Å². The molecule has 1 aliphatic carbocycles.